The van der Waals surface area contributed by atoms with Gasteiger partial charge in [0, 0.05) is 162 Å². The van der Waals surface area contributed by atoms with E-state index in [2.05, 4.69) is 133 Å². The van der Waals surface area contributed by atoms with Crippen molar-refractivity contribution in [1.82, 2.24) is 59.7 Å². The first-order valence-corrected chi connectivity index (χ1v) is 39.3. The maximum atomic E-state index is 6.27. The summed E-state index contributed by atoms with van der Waals surface area (Å²) in [5, 5.41) is 0. The number of unbranched alkanes of at least 4 members (excludes halogenated alkanes) is 1. The summed E-state index contributed by atoms with van der Waals surface area (Å²) in [6.45, 7) is 42.9. The van der Waals surface area contributed by atoms with Crippen molar-refractivity contribution >= 4 is 46.5 Å². The number of aromatic nitrogens is 11. The lowest BCUT2D eigenvalue weighted by Gasteiger charge is -2.35. The second-order valence-corrected chi connectivity index (χ2v) is 30.8. The van der Waals surface area contributed by atoms with Crippen LogP contribution in [0.3, 0.4) is 0 Å². The Bertz CT molecular complexity index is 4090. The minimum atomic E-state index is 0.0609. The zero-order valence-corrected chi connectivity index (χ0v) is 65.2. The number of rotatable bonds is 25. The molecule has 4 fully saturated rings. The molecule has 0 spiro atoms. The number of nitrogens with zero attached hydrogens (tertiary/aromatic N) is 16. The van der Waals surface area contributed by atoms with Gasteiger partial charge in [0.1, 0.15) is 53.1 Å². The van der Waals surface area contributed by atoms with Gasteiger partial charge in [-0.3, -0.25) is 15.0 Å². The summed E-state index contributed by atoms with van der Waals surface area (Å²) in [6, 6.07) is 13.7. The predicted molar refractivity (Wildman–Crippen MR) is 430 cm³/mol. The smallest absolute Gasteiger partial charge is 0.320 e. The van der Waals surface area contributed by atoms with Crippen LogP contribution >= 0.6 is 0 Å². The van der Waals surface area contributed by atoms with Crippen LogP contribution in [0.25, 0.3) is 0 Å². The Labute approximate surface area is 643 Å². The molecule has 3 atom stereocenters. The second-order valence-electron chi connectivity index (χ2n) is 30.8. The van der Waals surface area contributed by atoms with E-state index in [1.807, 2.05) is 64.5 Å². The number of hydrogen-bond donors (Lipinski definition) is 4. The van der Waals surface area contributed by atoms with Crippen LogP contribution in [0.2, 0.25) is 0 Å². The van der Waals surface area contributed by atoms with E-state index in [-0.39, 0.29) is 12.2 Å². The molecule has 7 aliphatic heterocycles. The van der Waals surface area contributed by atoms with Gasteiger partial charge in [-0.05, 0) is 152 Å². The molecule has 1 saturated carbocycles. The van der Waals surface area contributed by atoms with Crippen LogP contribution in [0.15, 0.2) is 104 Å². The fraction of sp³-hybridized carbons (Fsp3) is 0.530. The molecule has 0 amide bonds. The van der Waals surface area contributed by atoms with E-state index in [0.29, 0.717) is 112 Å². The summed E-state index contributed by atoms with van der Waals surface area (Å²) < 4.78 is 34.3. The zero-order valence-electron chi connectivity index (χ0n) is 65.2. The van der Waals surface area contributed by atoms with Gasteiger partial charge in [-0.25, -0.2) is 0 Å². The van der Waals surface area contributed by atoms with Crippen LogP contribution < -0.4 is 61.5 Å². The summed E-state index contributed by atoms with van der Waals surface area (Å²) in [5.74, 6) is 7.58. The zero-order chi connectivity index (χ0) is 76.5. The molecule has 2 unspecified atom stereocenters. The Kier molecular flexibility index (Phi) is 27.1. The van der Waals surface area contributed by atoms with Crippen LogP contribution in [-0.4, -0.2) is 164 Å². The lowest BCUT2D eigenvalue weighted by atomic mass is 9.92. The standard InChI is InChI=1S/C23H37N5O.2C20H25N5O2.C20H27N5O/c1-3-4-13-29-23-25-21(24)20-14-17(2)15-28(22(20)26-23)12-9-18-7-10-27(11-8-18)16-19-5-6-19;1-13-7-17-18(21)23-20(27-12-16-5-6-26-11-16)24-19(17)25(9-13)10-15-4-3-14(2)22-8-15;1-13-8-17-18(21)23-20(27-12-16-4-3-7-26-16)24-19(17)25(10-13)11-15-6-5-14(2)22-9-15;1-5-6-15(4)26-20-23-18(21)17-9-13(2)11-25(19(17)24-20)12-16-8-7-14(3)22-10-16/h18-19H,2-16H2,1H3,(H2,24,25,26);3-4,8,16H,1,5-7,9-12H2,2H3,(H2,21,23,24);5-6,9,16H,1,3-4,7-8,10-12H2,2H3,(H2,21,23,24);7-8,10,15H,2,5-6,9,11-12H2,1,3-4H3,(H2,21,23,24)/t;;;15-/m...0/s1. The molecule has 7 aromatic rings. The fourth-order valence-electron chi connectivity index (χ4n) is 14.7. The summed E-state index contributed by atoms with van der Waals surface area (Å²) in [4.78, 5) is 60.9. The number of nitrogen functional groups attached to an aromatic ring is 4. The van der Waals surface area contributed by atoms with Gasteiger partial charge in [0.2, 0.25) is 0 Å². The van der Waals surface area contributed by atoms with E-state index in [1.54, 1.807) is 0 Å². The number of anilines is 8. The molecule has 1 aliphatic carbocycles. The van der Waals surface area contributed by atoms with Gasteiger partial charge < -0.3 is 75.9 Å². The number of hydrogen-bond acceptors (Lipinski definition) is 26. The third-order valence-electron chi connectivity index (χ3n) is 20.9. The van der Waals surface area contributed by atoms with Crippen LogP contribution in [0.5, 0.6) is 24.0 Å². The summed E-state index contributed by atoms with van der Waals surface area (Å²) in [6.07, 6.45) is 22.7. The highest BCUT2D eigenvalue weighted by Gasteiger charge is 2.33. The molecule has 0 bridgehead atoms. The van der Waals surface area contributed by atoms with Gasteiger partial charge in [0.25, 0.3) is 0 Å². The maximum Gasteiger partial charge on any atom is 0.320 e. The SMILES string of the molecule is C=C1Cc2c(N)nc(OCC3CCCO3)nc2N(Cc2ccc(C)nc2)C1.C=C1Cc2c(N)nc(OCC3CCOC3)nc2N(Cc2ccc(C)nc2)C1.C=C1Cc2c(N)nc(OCCCC)nc2N(CCC2CCN(CC3CC3)CC2)C1.C=C1Cc2c(N)nc(O[C@@H](C)CCC)nc2N(Cc2ccc(C)nc2)C1. The molecule has 26 heteroatoms. The minimum absolute atomic E-state index is 0.0609. The molecular formula is C83H114N20O6. The monoisotopic (exact) mass is 1490 g/mol. The van der Waals surface area contributed by atoms with Crippen LogP contribution in [-0.2, 0) is 54.8 Å². The average molecular weight is 1490 g/mol. The number of pyridine rings is 3. The molecule has 0 radical (unpaired) electrons. The van der Waals surface area contributed by atoms with E-state index in [4.69, 9.17) is 56.3 Å². The number of aryl methyl sites for hydroxylation is 3. The highest BCUT2D eigenvalue weighted by atomic mass is 16.5. The molecule has 8 aliphatic rings. The second kappa shape index (κ2) is 37.6. The van der Waals surface area contributed by atoms with Crippen molar-refractivity contribution in [3.8, 4) is 24.0 Å². The van der Waals surface area contributed by atoms with E-state index in [9.17, 15) is 0 Å². The molecule has 26 nitrogen and oxygen atoms in total. The van der Waals surface area contributed by atoms with E-state index in [0.717, 1.165) is 212 Å². The molecule has 582 valence electrons. The number of likely N-dealkylation sites (tertiary alicyclic amines) is 1. The highest BCUT2D eigenvalue weighted by Crippen LogP contribution is 2.39. The maximum absolute atomic E-state index is 6.27. The number of piperidine rings is 1. The van der Waals surface area contributed by atoms with Gasteiger partial charge in [0.15, 0.2) is 0 Å². The van der Waals surface area contributed by atoms with E-state index >= 15 is 0 Å². The van der Waals surface area contributed by atoms with Crippen molar-refractivity contribution in [2.45, 2.75) is 176 Å². The quantitative estimate of drug-likeness (QED) is 0.0305. The summed E-state index contributed by atoms with van der Waals surface area (Å²) >= 11 is 0. The van der Waals surface area contributed by atoms with Gasteiger partial charge in [-0.15, -0.1) is 0 Å². The largest absolute Gasteiger partial charge is 0.463 e. The Morgan fingerprint density at radius 3 is 1.37 bits per heavy atom. The molecule has 15 rings (SSSR count). The molecule has 3 saturated heterocycles. The fourth-order valence-corrected chi connectivity index (χ4v) is 14.7. The van der Waals surface area contributed by atoms with Crippen molar-refractivity contribution in [3.63, 3.8) is 0 Å². The molecule has 14 heterocycles. The van der Waals surface area contributed by atoms with Gasteiger partial charge in [-0.2, -0.15) is 39.9 Å². The number of fused-ring (bicyclic) bond motifs is 4. The van der Waals surface area contributed by atoms with E-state index in [1.165, 1.54) is 57.3 Å². The molecular weight excluding hydrogens is 1370 g/mol. The van der Waals surface area contributed by atoms with Crippen molar-refractivity contribution in [1.29, 1.82) is 0 Å². The van der Waals surface area contributed by atoms with Crippen LogP contribution in [0.4, 0.5) is 46.5 Å². The molecule has 109 heavy (non-hydrogen) atoms. The van der Waals surface area contributed by atoms with Crippen molar-refractivity contribution in [3.05, 3.63) is 160 Å². The lowest BCUT2D eigenvalue weighted by molar-refractivity contribution is 0.0646. The summed E-state index contributed by atoms with van der Waals surface area (Å²) in [7, 11) is 0. The average Bonchev–Trinajstić information content (AvgIpc) is 1.65. The van der Waals surface area contributed by atoms with E-state index < -0.39 is 0 Å². The molecule has 8 N–H and O–H groups in total. The van der Waals surface area contributed by atoms with Crippen molar-refractivity contribution in [2.75, 3.05) is 135 Å². The van der Waals surface area contributed by atoms with Crippen LogP contribution in [0, 0.1) is 38.5 Å². The highest BCUT2D eigenvalue weighted by molar-refractivity contribution is 5.66. The predicted octanol–water partition coefficient (Wildman–Crippen LogP) is 11.9. The molecule has 7 aromatic heterocycles. The first kappa shape index (κ1) is 78.8. The first-order valence-electron chi connectivity index (χ1n) is 39.3. The Morgan fingerprint density at radius 2 is 0.945 bits per heavy atom. The minimum Gasteiger partial charge on any atom is -0.463 e. The topological polar surface area (TPSA) is 317 Å². The Hall–Kier alpha value is -9.79. The first-order chi connectivity index (χ1) is 52.7. The number of ether oxygens (including phenoxy) is 6. The molecule has 0 aromatic carbocycles. The van der Waals surface area contributed by atoms with Crippen molar-refractivity contribution < 1.29 is 28.4 Å². The third kappa shape index (κ3) is 22.2. The third-order valence-corrected chi connectivity index (χ3v) is 20.9. The lowest BCUT2D eigenvalue weighted by Crippen LogP contribution is -2.38. The number of nitrogens with two attached hydrogens (primary N) is 4. The Morgan fingerprint density at radius 1 is 0.495 bits per heavy atom. The van der Waals surface area contributed by atoms with Crippen LogP contribution in [0.1, 0.15) is 154 Å². The van der Waals surface area contributed by atoms with Gasteiger partial charge >= 0.3 is 24.0 Å². The van der Waals surface area contributed by atoms with Gasteiger partial charge in [0.05, 0.1) is 32.0 Å². The summed E-state index contributed by atoms with van der Waals surface area (Å²) in [5.41, 5.74) is 39.5. The van der Waals surface area contributed by atoms with Crippen molar-refractivity contribution in [2.24, 2.45) is 17.8 Å². The normalized spacial score (nSPS) is 18.6. The van der Waals surface area contributed by atoms with Gasteiger partial charge in [-0.1, -0.05) is 93.5 Å². The Balaban J connectivity index is 0.000000136.